The zero-order chi connectivity index (χ0) is 19.7. The summed E-state index contributed by atoms with van der Waals surface area (Å²) in [6.07, 6.45) is 0. The lowest BCUT2D eigenvalue weighted by atomic mass is 10.2. The molecule has 1 fully saturated rings. The number of carbonyl (C=O) groups is 1. The van der Waals surface area contributed by atoms with Crippen molar-refractivity contribution in [2.45, 2.75) is 6.92 Å². The molecule has 1 saturated heterocycles. The van der Waals surface area contributed by atoms with Gasteiger partial charge in [0.2, 0.25) is 0 Å². The highest BCUT2D eigenvalue weighted by molar-refractivity contribution is 6.38. The highest BCUT2D eigenvalue weighted by Crippen LogP contribution is 2.31. The van der Waals surface area contributed by atoms with Gasteiger partial charge in [-0.05, 0) is 37.3 Å². The summed E-state index contributed by atoms with van der Waals surface area (Å²) in [6, 6.07) is 12.2. The zero-order valence-electron chi connectivity index (χ0n) is 15.5. The Morgan fingerprint density at radius 1 is 1.18 bits per heavy atom. The van der Waals surface area contributed by atoms with Gasteiger partial charge >= 0.3 is 0 Å². The van der Waals surface area contributed by atoms with E-state index in [-0.39, 0.29) is 16.7 Å². The van der Waals surface area contributed by atoms with Crippen LogP contribution in [0.3, 0.4) is 0 Å². The number of nitrogens with zero attached hydrogens (tertiary/aromatic N) is 2. The molecule has 0 aliphatic carbocycles. The van der Waals surface area contributed by atoms with Crippen LogP contribution in [-0.2, 0) is 0 Å². The lowest BCUT2D eigenvalue weighted by Crippen LogP contribution is -2.49. The van der Waals surface area contributed by atoms with Gasteiger partial charge in [0.05, 0.1) is 17.3 Å². The van der Waals surface area contributed by atoms with E-state index in [0.717, 1.165) is 11.4 Å². The summed E-state index contributed by atoms with van der Waals surface area (Å²) < 4.78 is 19.2. The molecule has 146 valence electrons. The molecule has 1 N–H and O–H groups in total. The molecule has 28 heavy (non-hydrogen) atoms. The molecule has 2 aromatic carbocycles. The summed E-state index contributed by atoms with van der Waals surface area (Å²) in [4.78, 5) is 20.0. The Kier molecular flexibility index (Phi) is 5.13. The third-order valence-corrected chi connectivity index (χ3v) is 5.38. The van der Waals surface area contributed by atoms with E-state index in [4.69, 9.17) is 16.3 Å². The van der Waals surface area contributed by atoms with Gasteiger partial charge < -0.3 is 19.5 Å². The number of para-hydroxylation sites is 2. The molecule has 2 heterocycles. The number of benzene rings is 2. The predicted octanol–water partition coefficient (Wildman–Crippen LogP) is 4.32. The van der Waals surface area contributed by atoms with Crippen molar-refractivity contribution >= 4 is 34.1 Å². The molecule has 0 saturated carbocycles. The molecule has 1 aromatic heterocycles. The van der Waals surface area contributed by atoms with Crippen LogP contribution in [0.2, 0.25) is 5.02 Å². The second-order valence-electron chi connectivity index (χ2n) is 6.68. The number of piperazine rings is 1. The number of ether oxygens (including phenoxy) is 1. The van der Waals surface area contributed by atoms with Gasteiger partial charge in [-0.3, -0.25) is 4.79 Å². The molecule has 1 aliphatic rings. The van der Waals surface area contributed by atoms with Gasteiger partial charge in [0.25, 0.3) is 5.91 Å². The third kappa shape index (κ3) is 3.40. The molecule has 0 spiro atoms. The van der Waals surface area contributed by atoms with E-state index in [1.54, 1.807) is 11.0 Å². The van der Waals surface area contributed by atoms with E-state index in [9.17, 15) is 9.18 Å². The Bertz CT molecular complexity index is 1010. The van der Waals surface area contributed by atoms with Crippen molar-refractivity contribution < 1.29 is 13.9 Å². The van der Waals surface area contributed by atoms with Gasteiger partial charge in [0, 0.05) is 37.1 Å². The van der Waals surface area contributed by atoms with Crippen molar-refractivity contribution in [1.29, 1.82) is 0 Å². The topological polar surface area (TPSA) is 48.6 Å². The first-order valence-corrected chi connectivity index (χ1v) is 9.69. The lowest BCUT2D eigenvalue weighted by Gasteiger charge is -2.36. The highest BCUT2D eigenvalue weighted by Gasteiger charge is 2.27. The minimum Gasteiger partial charge on any atom is -0.492 e. The third-order valence-electron chi connectivity index (χ3n) is 4.98. The Morgan fingerprint density at radius 2 is 1.93 bits per heavy atom. The van der Waals surface area contributed by atoms with E-state index in [1.807, 2.05) is 31.2 Å². The number of aromatic nitrogens is 1. The molecule has 0 radical (unpaired) electrons. The van der Waals surface area contributed by atoms with Gasteiger partial charge in [-0.1, -0.05) is 23.7 Å². The summed E-state index contributed by atoms with van der Waals surface area (Å²) in [7, 11) is 0. The van der Waals surface area contributed by atoms with Crippen molar-refractivity contribution in [2.24, 2.45) is 0 Å². The number of carbonyl (C=O) groups excluding carboxylic acids is 1. The first kappa shape index (κ1) is 18.6. The van der Waals surface area contributed by atoms with Crippen molar-refractivity contribution in [3.8, 4) is 5.75 Å². The number of rotatable bonds is 4. The molecular formula is C21H21ClFN3O2. The average molecular weight is 402 g/mol. The summed E-state index contributed by atoms with van der Waals surface area (Å²) in [5.74, 6) is 0.304. The highest BCUT2D eigenvalue weighted by atomic mass is 35.5. The maximum Gasteiger partial charge on any atom is 0.271 e. The number of nitrogens with one attached hydrogen (secondary N) is 1. The molecule has 0 bridgehead atoms. The maximum atomic E-state index is 13.5. The van der Waals surface area contributed by atoms with Crippen molar-refractivity contribution in [3.05, 3.63) is 59.0 Å². The molecular weight excluding hydrogens is 381 g/mol. The Labute approximate surface area is 167 Å². The second kappa shape index (κ2) is 7.72. The van der Waals surface area contributed by atoms with Gasteiger partial charge in [-0.25, -0.2) is 4.39 Å². The number of amides is 1. The number of aromatic amines is 1. The van der Waals surface area contributed by atoms with Crippen LogP contribution in [0.4, 0.5) is 10.1 Å². The molecule has 7 heteroatoms. The maximum absolute atomic E-state index is 13.5. The van der Waals surface area contributed by atoms with Gasteiger partial charge in [-0.2, -0.15) is 0 Å². The predicted molar refractivity (Wildman–Crippen MR) is 109 cm³/mol. The average Bonchev–Trinajstić information content (AvgIpc) is 3.04. The van der Waals surface area contributed by atoms with E-state index < -0.39 is 0 Å². The standard InChI is InChI=1S/C21H21ClFN3O2/c1-2-28-18-6-4-3-5-17(18)25-9-11-26(12-10-25)21(27)20-19(22)15-13-14(23)7-8-16(15)24-20/h3-8,13,24H,2,9-12H2,1H3. The SMILES string of the molecule is CCOc1ccccc1N1CCN(C(=O)c2[nH]c3ccc(F)cc3c2Cl)CC1. The number of anilines is 1. The Balaban J connectivity index is 1.50. The smallest absolute Gasteiger partial charge is 0.271 e. The Hall–Kier alpha value is -2.73. The molecule has 4 rings (SSSR count). The van der Waals surface area contributed by atoms with Crippen LogP contribution < -0.4 is 9.64 Å². The normalized spacial score (nSPS) is 14.5. The zero-order valence-corrected chi connectivity index (χ0v) is 16.3. The quantitative estimate of drug-likeness (QED) is 0.708. The fourth-order valence-corrected chi connectivity index (χ4v) is 3.87. The van der Waals surface area contributed by atoms with Crippen LogP contribution in [0.25, 0.3) is 10.9 Å². The fraction of sp³-hybridized carbons (Fsp3) is 0.286. The minimum absolute atomic E-state index is 0.167. The second-order valence-corrected chi connectivity index (χ2v) is 7.06. The summed E-state index contributed by atoms with van der Waals surface area (Å²) in [6.45, 7) is 5.10. The van der Waals surface area contributed by atoms with Crippen molar-refractivity contribution in [2.75, 3.05) is 37.7 Å². The van der Waals surface area contributed by atoms with Gasteiger partial charge in [-0.15, -0.1) is 0 Å². The van der Waals surface area contributed by atoms with E-state index >= 15 is 0 Å². The van der Waals surface area contributed by atoms with Gasteiger partial charge in [0.15, 0.2) is 0 Å². The first-order valence-electron chi connectivity index (χ1n) is 9.31. The van der Waals surface area contributed by atoms with Crippen LogP contribution in [0.15, 0.2) is 42.5 Å². The monoisotopic (exact) mass is 401 g/mol. The number of fused-ring (bicyclic) bond motifs is 1. The van der Waals surface area contributed by atoms with Crippen LogP contribution >= 0.6 is 11.6 Å². The van der Waals surface area contributed by atoms with Crippen LogP contribution in [0.5, 0.6) is 5.75 Å². The largest absolute Gasteiger partial charge is 0.492 e. The molecule has 5 nitrogen and oxygen atoms in total. The van der Waals surface area contributed by atoms with E-state index in [2.05, 4.69) is 9.88 Å². The fourth-order valence-electron chi connectivity index (χ4n) is 3.58. The van der Waals surface area contributed by atoms with Crippen LogP contribution in [0, 0.1) is 5.82 Å². The number of H-pyrrole nitrogens is 1. The summed E-state index contributed by atoms with van der Waals surface area (Å²) in [5, 5.41) is 0.790. The van der Waals surface area contributed by atoms with E-state index in [1.165, 1.54) is 12.1 Å². The van der Waals surface area contributed by atoms with Crippen LogP contribution in [0.1, 0.15) is 17.4 Å². The molecule has 1 amide bonds. The molecule has 0 unspecified atom stereocenters. The van der Waals surface area contributed by atoms with Crippen molar-refractivity contribution in [1.82, 2.24) is 9.88 Å². The van der Waals surface area contributed by atoms with E-state index in [0.29, 0.717) is 49.4 Å². The first-order chi connectivity index (χ1) is 13.6. The molecule has 1 aliphatic heterocycles. The lowest BCUT2D eigenvalue weighted by molar-refractivity contribution is 0.0742. The number of halogens is 2. The minimum atomic E-state index is -0.381. The van der Waals surface area contributed by atoms with Crippen LogP contribution in [-0.4, -0.2) is 48.6 Å². The Morgan fingerprint density at radius 3 is 2.68 bits per heavy atom. The summed E-state index contributed by atoms with van der Waals surface area (Å²) in [5.41, 5.74) is 2.00. The van der Waals surface area contributed by atoms with Crippen molar-refractivity contribution in [3.63, 3.8) is 0 Å². The number of hydrogen-bond donors (Lipinski definition) is 1. The van der Waals surface area contributed by atoms with Gasteiger partial charge in [0.1, 0.15) is 17.3 Å². The summed E-state index contributed by atoms with van der Waals surface area (Å²) >= 11 is 6.35. The number of hydrogen-bond acceptors (Lipinski definition) is 3. The molecule has 3 aromatic rings. The molecule has 0 atom stereocenters.